The van der Waals surface area contributed by atoms with Crippen LogP contribution in [0.5, 0.6) is 11.5 Å². The molecule has 2 aromatic heterocycles. The topological polar surface area (TPSA) is 93.7 Å². The minimum Gasteiger partial charge on any atom is -0.543 e. The molecule has 1 aliphatic rings. The van der Waals surface area contributed by atoms with Gasteiger partial charge in [0.1, 0.15) is 5.76 Å². The Hall–Kier alpha value is -2.07. The van der Waals surface area contributed by atoms with Gasteiger partial charge < -0.3 is 28.4 Å². The number of fused-ring (bicyclic) bond motifs is 2. The van der Waals surface area contributed by atoms with Gasteiger partial charge in [-0.15, -0.1) is 0 Å². The van der Waals surface area contributed by atoms with Crippen LogP contribution < -0.4 is 71.4 Å². The molecule has 2 aromatic carbocycles. The van der Waals surface area contributed by atoms with Crippen molar-refractivity contribution >= 4 is 28.5 Å². The maximum absolute atomic E-state index is 13.2. The van der Waals surface area contributed by atoms with Crippen molar-refractivity contribution in [1.82, 2.24) is 4.57 Å². The number of pyridine rings is 1. The van der Waals surface area contributed by atoms with Crippen molar-refractivity contribution in [1.29, 1.82) is 0 Å². The fraction of sp³-hybridized carbons (Fsp3) is 0.130. The summed E-state index contributed by atoms with van der Waals surface area (Å²) in [5, 5.41) is 13.0. The molecular formula is C23H15ClKNO6. The molecule has 4 aromatic rings. The van der Waals surface area contributed by atoms with E-state index in [0.717, 1.165) is 0 Å². The first kappa shape index (κ1) is 23.1. The van der Waals surface area contributed by atoms with Crippen molar-refractivity contribution in [2.75, 3.05) is 6.79 Å². The molecular weight excluding hydrogens is 461 g/mol. The third-order valence-electron chi connectivity index (χ3n) is 5.26. The number of rotatable bonds is 5. The summed E-state index contributed by atoms with van der Waals surface area (Å²) < 4.78 is 17.7. The molecule has 3 heterocycles. The summed E-state index contributed by atoms with van der Waals surface area (Å²) >= 11 is 6.44. The van der Waals surface area contributed by atoms with E-state index in [9.17, 15) is 14.7 Å². The van der Waals surface area contributed by atoms with Gasteiger partial charge in [-0.1, -0.05) is 23.7 Å². The van der Waals surface area contributed by atoms with Gasteiger partial charge in [-0.2, -0.15) is 0 Å². The van der Waals surface area contributed by atoms with Gasteiger partial charge in [0, 0.05) is 35.0 Å². The van der Waals surface area contributed by atoms with Gasteiger partial charge in [0.15, 0.2) is 16.9 Å². The molecule has 0 spiro atoms. The first-order chi connectivity index (χ1) is 15.0. The zero-order valence-corrected chi connectivity index (χ0v) is 21.0. The summed E-state index contributed by atoms with van der Waals surface area (Å²) in [6.07, 6.45) is 1.49. The third kappa shape index (κ3) is 4.14. The summed E-state index contributed by atoms with van der Waals surface area (Å²) in [7, 11) is 0. The van der Waals surface area contributed by atoms with Crippen LogP contribution in [0.3, 0.4) is 0 Å². The van der Waals surface area contributed by atoms with Crippen LogP contribution in [-0.2, 0) is 13.0 Å². The number of ether oxygens (including phenoxy) is 2. The van der Waals surface area contributed by atoms with Crippen molar-refractivity contribution < 1.29 is 75.2 Å². The fourth-order valence-electron chi connectivity index (χ4n) is 3.85. The monoisotopic (exact) mass is 475 g/mol. The van der Waals surface area contributed by atoms with E-state index in [2.05, 4.69) is 0 Å². The van der Waals surface area contributed by atoms with Gasteiger partial charge >= 0.3 is 51.4 Å². The molecule has 156 valence electrons. The second kappa shape index (κ2) is 9.42. The van der Waals surface area contributed by atoms with Crippen LogP contribution in [-0.4, -0.2) is 17.3 Å². The molecule has 0 saturated heterocycles. The van der Waals surface area contributed by atoms with Crippen LogP contribution in [0.4, 0.5) is 0 Å². The Morgan fingerprint density at radius 1 is 1.09 bits per heavy atom. The van der Waals surface area contributed by atoms with Crippen LogP contribution in [0.25, 0.3) is 10.9 Å². The molecule has 9 heteroatoms. The predicted molar refractivity (Wildman–Crippen MR) is 111 cm³/mol. The van der Waals surface area contributed by atoms with E-state index in [1.807, 2.05) is 0 Å². The zero-order valence-electron chi connectivity index (χ0n) is 17.1. The fourth-order valence-corrected chi connectivity index (χ4v) is 4.07. The summed E-state index contributed by atoms with van der Waals surface area (Å²) in [5.74, 6) is 0.0662. The maximum atomic E-state index is 13.2. The molecule has 5 rings (SSSR count). The number of carbonyl (C=O) groups excluding carboxylic acids is 1. The van der Waals surface area contributed by atoms with Crippen molar-refractivity contribution in [3.05, 3.63) is 92.6 Å². The quantitative estimate of drug-likeness (QED) is 0.377. The van der Waals surface area contributed by atoms with E-state index in [1.54, 1.807) is 48.5 Å². The second-order valence-electron chi connectivity index (χ2n) is 7.10. The Labute approximate surface area is 229 Å². The largest absolute Gasteiger partial charge is 1.00 e. The Kier molecular flexibility index (Phi) is 6.80. The normalized spacial score (nSPS) is 12.0. The number of hydrogen-bond acceptors (Lipinski definition) is 6. The number of benzene rings is 2. The molecule has 7 nitrogen and oxygen atoms in total. The first-order valence-electron chi connectivity index (χ1n) is 9.49. The summed E-state index contributed by atoms with van der Waals surface area (Å²) in [5.41, 5.74) is 0.577. The first-order valence-corrected chi connectivity index (χ1v) is 9.87. The van der Waals surface area contributed by atoms with Crippen LogP contribution >= 0.6 is 11.6 Å². The van der Waals surface area contributed by atoms with Gasteiger partial charge in [0.25, 0.3) is 0 Å². The SMILES string of the molecule is O=C([O-])c1c(Cc2ccco2)c(=O)c2ccccc2n1Cc1cc2c(cc1Cl)OCO2.[K+]. The minimum absolute atomic E-state index is 0. The smallest absolute Gasteiger partial charge is 0.543 e. The molecule has 1 aliphatic heterocycles. The molecule has 0 N–H and O–H groups in total. The minimum atomic E-state index is -1.46. The van der Waals surface area contributed by atoms with Crippen LogP contribution in [0.1, 0.15) is 27.4 Å². The van der Waals surface area contributed by atoms with Crippen molar-refractivity contribution in [3.63, 3.8) is 0 Å². The molecule has 32 heavy (non-hydrogen) atoms. The number of carboxylic acid groups (broad SMARTS) is 1. The standard InChI is InChI=1S/C23H16ClNO6.K/c24-17-10-20-19(30-12-31-20)8-13(17)11-25-18-6-2-1-5-15(18)22(26)16(21(25)23(27)28)9-14-4-3-7-29-14;/h1-8,10H,9,11-12H2,(H,27,28);/q;+1/p-1. The molecule has 0 aliphatic carbocycles. The summed E-state index contributed by atoms with van der Waals surface area (Å²) in [6.45, 7) is 0.179. The van der Waals surface area contributed by atoms with E-state index in [1.165, 1.54) is 10.8 Å². The van der Waals surface area contributed by atoms with Crippen LogP contribution in [0.2, 0.25) is 5.02 Å². The van der Waals surface area contributed by atoms with E-state index >= 15 is 0 Å². The number of furan rings is 1. The van der Waals surface area contributed by atoms with E-state index in [-0.39, 0.29) is 87.8 Å². The molecule has 0 radical (unpaired) electrons. The van der Waals surface area contributed by atoms with Gasteiger partial charge in [0.2, 0.25) is 6.79 Å². The number of hydrogen-bond donors (Lipinski definition) is 0. The number of nitrogens with zero attached hydrogens (tertiary/aromatic N) is 1. The van der Waals surface area contributed by atoms with Gasteiger partial charge in [-0.05, 0) is 35.9 Å². The zero-order chi connectivity index (χ0) is 21.5. The summed E-state index contributed by atoms with van der Waals surface area (Å²) in [6, 6.07) is 13.5. The Bertz CT molecular complexity index is 1380. The Morgan fingerprint density at radius 2 is 1.84 bits per heavy atom. The number of halogens is 1. The number of aromatic carboxylic acids is 1. The average Bonchev–Trinajstić information content (AvgIpc) is 3.43. The summed E-state index contributed by atoms with van der Waals surface area (Å²) in [4.78, 5) is 25.4. The van der Waals surface area contributed by atoms with Gasteiger partial charge in [-0.25, -0.2) is 0 Å². The molecule has 0 fully saturated rings. The maximum Gasteiger partial charge on any atom is 1.00 e. The predicted octanol–water partition coefficient (Wildman–Crippen LogP) is -0.0168. The van der Waals surface area contributed by atoms with Crippen LogP contribution in [0.15, 0.2) is 64.0 Å². The number of carbonyl (C=O) groups is 1. The number of carboxylic acids is 1. The van der Waals surface area contributed by atoms with Crippen molar-refractivity contribution in [2.45, 2.75) is 13.0 Å². The van der Waals surface area contributed by atoms with Crippen molar-refractivity contribution in [2.24, 2.45) is 0 Å². The molecule has 0 saturated carbocycles. The molecule has 0 amide bonds. The molecule has 0 unspecified atom stereocenters. The van der Waals surface area contributed by atoms with E-state index in [0.29, 0.717) is 38.7 Å². The molecule has 0 bridgehead atoms. The Morgan fingerprint density at radius 3 is 2.56 bits per heavy atom. The third-order valence-corrected chi connectivity index (χ3v) is 5.62. The average molecular weight is 476 g/mol. The Balaban J connectivity index is 0.00000245. The second-order valence-corrected chi connectivity index (χ2v) is 7.51. The van der Waals surface area contributed by atoms with Crippen LogP contribution in [0, 0.1) is 0 Å². The van der Waals surface area contributed by atoms with Crippen molar-refractivity contribution in [3.8, 4) is 11.5 Å². The number of para-hydroxylation sites is 1. The molecule has 0 atom stereocenters. The van der Waals surface area contributed by atoms with E-state index < -0.39 is 5.97 Å². The number of aromatic nitrogens is 1. The van der Waals surface area contributed by atoms with Gasteiger partial charge in [-0.3, -0.25) is 4.79 Å². The van der Waals surface area contributed by atoms with E-state index in [4.69, 9.17) is 25.5 Å². The van der Waals surface area contributed by atoms with Gasteiger partial charge in [0.05, 0.1) is 23.4 Å².